The monoisotopic (exact) mass is 591 g/mol. The average Bonchev–Trinajstić information content (AvgIpc) is 3.10. The highest BCUT2D eigenvalue weighted by atomic mass is 16.5. The molecule has 2 aromatic heterocycles. The van der Waals surface area contributed by atoms with Crippen LogP contribution in [-0.4, -0.2) is 60.0 Å². The summed E-state index contributed by atoms with van der Waals surface area (Å²) in [6.45, 7) is 8.83. The topological polar surface area (TPSA) is 78.9 Å². The van der Waals surface area contributed by atoms with Crippen molar-refractivity contribution in [3.63, 3.8) is 0 Å². The van der Waals surface area contributed by atoms with E-state index in [0.29, 0.717) is 24.6 Å². The number of carbonyl (C=O) groups is 2. The van der Waals surface area contributed by atoms with Gasteiger partial charge in [0, 0.05) is 69.6 Å². The van der Waals surface area contributed by atoms with Crippen molar-refractivity contribution in [1.29, 1.82) is 0 Å². The number of anilines is 2. The van der Waals surface area contributed by atoms with E-state index in [9.17, 15) is 9.59 Å². The van der Waals surface area contributed by atoms with Crippen LogP contribution >= 0.6 is 0 Å². The Kier molecular flexibility index (Phi) is 9.70. The van der Waals surface area contributed by atoms with E-state index in [-0.39, 0.29) is 11.8 Å². The van der Waals surface area contributed by atoms with Crippen molar-refractivity contribution >= 4 is 23.2 Å². The molecular weight excluding hydrogens is 550 g/mol. The zero-order chi connectivity index (χ0) is 31.1. The molecule has 0 fully saturated rings. The second-order valence-corrected chi connectivity index (χ2v) is 11.7. The Bertz CT molecular complexity index is 1580. The van der Waals surface area contributed by atoms with Gasteiger partial charge in [0.1, 0.15) is 11.2 Å². The number of benzene rings is 2. The maximum Gasteiger partial charge on any atom is 0.242 e. The Labute approximate surface area is 260 Å². The predicted molar refractivity (Wildman–Crippen MR) is 175 cm³/mol. The largest absolute Gasteiger partial charge is 0.493 e. The van der Waals surface area contributed by atoms with Crippen LogP contribution in [0.1, 0.15) is 38.3 Å². The number of hydrogen-bond acceptors (Lipinski definition) is 6. The quantitative estimate of drug-likeness (QED) is 0.148. The van der Waals surface area contributed by atoms with Crippen LogP contribution in [0.2, 0.25) is 0 Å². The Morgan fingerprint density at radius 3 is 2.36 bits per heavy atom. The summed E-state index contributed by atoms with van der Waals surface area (Å²) in [5.74, 6) is 0.254. The molecule has 0 atom stereocenters. The van der Waals surface area contributed by atoms with Crippen molar-refractivity contribution in [3.05, 3.63) is 103 Å². The summed E-state index contributed by atoms with van der Waals surface area (Å²) in [5.41, 5.74) is 5.02. The fourth-order valence-corrected chi connectivity index (χ4v) is 5.75. The van der Waals surface area contributed by atoms with Crippen molar-refractivity contribution in [1.82, 2.24) is 14.9 Å². The molecule has 5 rings (SSSR count). The minimum Gasteiger partial charge on any atom is -0.493 e. The van der Waals surface area contributed by atoms with Gasteiger partial charge in [-0.25, -0.2) is 0 Å². The van der Waals surface area contributed by atoms with Gasteiger partial charge in [-0.05, 0) is 74.6 Å². The molecule has 2 aromatic carbocycles. The van der Waals surface area contributed by atoms with Crippen molar-refractivity contribution in [2.75, 3.05) is 43.1 Å². The molecule has 8 nitrogen and oxygen atoms in total. The minimum atomic E-state index is -1.14. The Balaban J connectivity index is 1.28. The van der Waals surface area contributed by atoms with Crippen LogP contribution in [0, 0.1) is 5.41 Å². The summed E-state index contributed by atoms with van der Waals surface area (Å²) in [7, 11) is 1.72. The van der Waals surface area contributed by atoms with Gasteiger partial charge in [-0.2, -0.15) is 0 Å². The zero-order valence-corrected chi connectivity index (χ0v) is 26.1. The van der Waals surface area contributed by atoms with Crippen LogP contribution < -0.4 is 14.5 Å². The Morgan fingerprint density at radius 1 is 0.864 bits per heavy atom. The molecule has 0 saturated carbocycles. The molecule has 0 unspecified atom stereocenters. The maximum absolute atomic E-state index is 13.2. The molecular formula is C36H41N5O3. The van der Waals surface area contributed by atoms with Gasteiger partial charge in [-0.15, -0.1) is 0 Å². The molecule has 0 spiro atoms. The number of amides is 2. The van der Waals surface area contributed by atoms with Crippen LogP contribution in [0.4, 0.5) is 11.4 Å². The third-order valence-corrected chi connectivity index (χ3v) is 8.25. The molecule has 0 saturated heterocycles. The van der Waals surface area contributed by atoms with Crippen LogP contribution in [0.3, 0.4) is 0 Å². The molecule has 1 aliphatic rings. The van der Waals surface area contributed by atoms with Gasteiger partial charge >= 0.3 is 0 Å². The first-order valence-electron chi connectivity index (χ1n) is 15.3. The van der Waals surface area contributed by atoms with E-state index >= 15 is 0 Å². The van der Waals surface area contributed by atoms with Gasteiger partial charge in [0.2, 0.25) is 11.8 Å². The lowest BCUT2D eigenvalue weighted by atomic mass is 9.90. The van der Waals surface area contributed by atoms with Crippen molar-refractivity contribution in [2.24, 2.45) is 5.41 Å². The number of ether oxygens (including phenoxy) is 1. The lowest BCUT2D eigenvalue weighted by Crippen LogP contribution is -2.47. The predicted octanol–water partition coefficient (Wildman–Crippen LogP) is 6.01. The first kappa shape index (κ1) is 30.9. The minimum absolute atomic E-state index is 0.194. The van der Waals surface area contributed by atoms with E-state index in [1.54, 1.807) is 43.1 Å². The Morgan fingerprint density at radius 2 is 1.64 bits per heavy atom. The fourth-order valence-electron chi connectivity index (χ4n) is 5.75. The summed E-state index contributed by atoms with van der Waals surface area (Å²) in [5, 5.41) is 0. The van der Waals surface area contributed by atoms with E-state index < -0.39 is 5.41 Å². The van der Waals surface area contributed by atoms with Gasteiger partial charge in [0.15, 0.2) is 0 Å². The van der Waals surface area contributed by atoms with Crippen molar-refractivity contribution in [3.8, 4) is 16.9 Å². The van der Waals surface area contributed by atoms with E-state index in [4.69, 9.17) is 4.74 Å². The highest BCUT2D eigenvalue weighted by molar-refractivity contribution is 6.20. The molecule has 0 aliphatic carbocycles. The summed E-state index contributed by atoms with van der Waals surface area (Å²) in [6, 6.07) is 22.3. The molecule has 228 valence electrons. The SMILES string of the molecule is CCN1C(=O)C(C)(C)C(=O)N(C)c2cc(OCCCN(CCc3cccnc3)Cc3ccccc3-c3cccnc3)ccc21. The third kappa shape index (κ3) is 6.81. The van der Waals surface area contributed by atoms with Gasteiger partial charge in [-0.1, -0.05) is 36.4 Å². The number of hydrogen-bond donors (Lipinski definition) is 0. The maximum atomic E-state index is 13.2. The van der Waals surface area contributed by atoms with E-state index in [1.807, 2.05) is 49.6 Å². The molecule has 2 amide bonds. The third-order valence-electron chi connectivity index (χ3n) is 8.25. The molecule has 3 heterocycles. The molecule has 4 aromatic rings. The highest BCUT2D eigenvalue weighted by Crippen LogP contribution is 2.40. The van der Waals surface area contributed by atoms with Crippen molar-refractivity contribution < 1.29 is 14.3 Å². The molecule has 0 N–H and O–H groups in total. The summed E-state index contributed by atoms with van der Waals surface area (Å²) in [6.07, 6.45) is 9.16. The fraction of sp³-hybridized carbons (Fsp3) is 0.333. The normalized spacial score (nSPS) is 14.5. The van der Waals surface area contributed by atoms with Gasteiger partial charge in [0.25, 0.3) is 0 Å². The van der Waals surface area contributed by atoms with E-state index in [0.717, 1.165) is 43.7 Å². The van der Waals surface area contributed by atoms with Crippen LogP contribution in [0.15, 0.2) is 91.5 Å². The highest BCUT2D eigenvalue weighted by Gasteiger charge is 2.45. The first-order valence-corrected chi connectivity index (χ1v) is 15.3. The molecule has 44 heavy (non-hydrogen) atoms. The van der Waals surface area contributed by atoms with Crippen molar-refractivity contribution in [2.45, 2.75) is 40.2 Å². The number of aromatic nitrogens is 2. The summed E-state index contributed by atoms with van der Waals surface area (Å²) >= 11 is 0. The van der Waals surface area contributed by atoms with Crippen LogP contribution in [0.5, 0.6) is 5.75 Å². The van der Waals surface area contributed by atoms with E-state index in [1.165, 1.54) is 16.7 Å². The standard InChI is InChI=1S/C36H41N5O3/c1-5-41-32-16-15-30(23-33(32)39(4)34(42)36(2,3)35(41)43)44-22-10-20-40(21-17-27-11-8-18-37-24-27)26-29-12-6-7-14-31(29)28-13-9-19-38-25-28/h6-9,11-16,18-19,23-25H,5,10,17,20-22,26H2,1-4H3. The number of fused-ring (bicyclic) bond motifs is 1. The summed E-state index contributed by atoms with van der Waals surface area (Å²) in [4.78, 5) is 40.7. The van der Waals surface area contributed by atoms with Gasteiger partial charge in [0.05, 0.1) is 18.0 Å². The van der Waals surface area contributed by atoms with Crippen LogP contribution in [0.25, 0.3) is 11.1 Å². The number of pyridine rings is 2. The zero-order valence-electron chi connectivity index (χ0n) is 26.1. The van der Waals surface area contributed by atoms with E-state index in [2.05, 4.69) is 51.3 Å². The second-order valence-electron chi connectivity index (χ2n) is 11.7. The molecule has 1 aliphatic heterocycles. The number of nitrogens with zero attached hydrogens (tertiary/aromatic N) is 5. The molecule has 8 heteroatoms. The molecule has 0 bridgehead atoms. The lowest BCUT2D eigenvalue weighted by molar-refractivity contribution is -0.137. The first-order chi connectivity index (χ1) is 21.3. The average molecular weight is 592 g/mol. The smallest absolute Gasteiger partial charge is 0.242 e. The van der Waals surface area contributed by atoms with Crippen LogP contribution in [-0.2, 0) is 22.6 Å². The second kappa shape index (κ2) is 13.8. The van der Waals surface area contributed by atoms with Gasteiger partial charge in [-0.3, -0.25) is 24.5 Å². The Hall–Kier alpha value is -4.56. The molecule has 0 radical (unpaired) electrons. The number of rotatable bonds is 12. The summed E-state index contributed by atoms with van der Waals surface area (Å²) < 4.78 is 6.21. The van der Waals surface area contributed by atoms with Gasteiger partial charge < -0.3 is 14.5 Å². The lowest BCUT2D eigenvalue weighted by Gasteiger charge is -2.27. The number of carbonyl (C=O) groups excluding carboxylic acids is 2.